The molecule has 3 aromatic rings. The number of nitrogens with zero attached hydrogens (tertiary/aromatic N) is 2. The monoisotopic (exact) mass is 412 g/mol. The van der Waals surface area contributed by atoms with Gasteiger partial charge in [0.1, 0.15) is 0 Å². The third-order valence-electron chi connectivity index (χ3n) is 4.38. The van der Waals surface area contributed by atoms with E-state index >= 15 is 0 Å². The van der Waals surface area contributed by atoms with Gasteiger partial charge in [-0.15, -0.1) is 0 Å². The van der Waals surface area contributed by atoms with Crippen molar-refractivity contribution in [2.75, 3.05) is 6.79 Å². The molecule has 2 aromatic carbocycles. The predicted molar refractivity (Wildman–Crippen MR) is 105 cm³/mol. The van der Waals surface area contributed by atoms with Crippen molar-refractivity contribution in [2.45, 2.75) is 11.8 Å². The highest BCUT2D eigenvalue weighted by Crippen LogP contribution is 2.32. The van der Waals surface area contributed by atoms with E-state index in [4.69, 9.17) is 9.47 Å². The molecule has 148 valence electrons. The van der Waals surface area contributed by atoms with Crippen LogP contribution in [0.15, 0.2) is 70.6 Å². The second-order valence-electron chi connectivity index (χ2n) is 6.35. The topological polar surface area (TPSA) is 96.6 Å². The van der Waals surface area contributed by atoms with Crippen LogP contribution in [0.25, 0.3) is 6.08 Å². The number of aromatic nitrogens is 2. The minimum absolute atomic E-state index is 0.0358. The Balaban J connectivity index is 1.60. The van der Waals surface area contributed by atoms with Crippen LogP contribution in [-0.2, 0) is 10.0 Å². The van der Waals surface area contributed by atoms with Crippen molar-refractivity contribution in [1.82, 2.24) is 8.54 Å². The molecule has 0 radical (unpaired) electrons. The molecule has 0 spiro atoms. The lowest BCUT2D eigenvalue weighted by Gasteiger charge is -2.04. The summed E-state index contributed by atoms with van der Waals surface area (Å²) < 4.78 is 37.1. The largest absolute Gasteiger partial charge is 0.454 e. The van der Waals surface area contributed by atoms with E-state index in [0.717, 1.165) is 22.5 Å². The molecule has 0 N–H and O–H groups in total. The molecule has 0 atom stereocenters. The lowest BCUT2D eigenvalue weighted by molar-refractivity contribution is 0.0966. The summed E-state index contributed by atoms with van der Waals surface area (Å²) in [5.41, 5.74) is 0.589. The molecule has 8 nitrogen and oxygen atoms in total. The summed E-state index contributed by atoms with van der Waals surface area (Å²) in [5, 5.41) is 0. The maximum atomic E-state index is 12.7. The highest BCUT2D eigenvalue weighted by Gasteiger charge is 2.21. The third-order valence-corrected chi connectivity index (χ3v) is 6.04. The minimum atomic E-state index is -4.10. The zero-order valence-corrected chi connectivity index (χ0v) is 16.1. The van der Waals surface area contributed by atoms with Gasteiger partial charge in [-0.3, -0.25) is 4.79 Å². The van der Waals surface area contributed by atoms with Gasteiger partial charge in [-0.2, -0.15) is 3.97 Å². The Labute approximate surface area is 166 Å². The summed E-state index contributed by atoms with van der Waals surface area (Å²) in [7, 11) is -4.10. The zero-order valence-electron chi connectivity index (χ0n) is 15.3. The summed E-state index contributed by atoms with van der Waals surface area (Å²) in [6.45, 7) is 1.96. The highest BCUT2D eigenvalue weighted by molar-refractivity contribution is 7.90. The zero-order chi connectivity index (χ0) is 20.6. The lowest BCUT2D eigenvalue weighted by atomic mass is 10.2. The molecule has 0 aliphatic carbocycles. The van der Waals surface area contributed by atoms with Gasteiger partial charge in [0.15, 0.2) is 11.5 Å². The first-order chi connectivity index (χ1) is 13.9. The van der Waals surface area contributed by atoms with Crippen molar-refractivity contribution < 1.29 is 22.7 Å². The summed E-state index contributed by atoms with van der Waals surface area (Å²) in [4.78, 5) is 24.9. The Hall–Kier alpha value is -3.59. The van der Waals surface area contributed by atoms with Gasteiger partial charge in [-0.25, -0.2) is 17.8 Å². The van der Waals surface area contributed by atoms with Gasteiger partial charge in [-0.1, -0.05) is 23.8 Å². The van der Waals surface area contributed by atoms with E-state index in [1.54, 1.807) is 30.3 Å². The van der Waals surface area contributed by atoms with E-state index in [-0.39, 0.29) is 11.7 Å². The lowest BCUT2D eigenvalue weighted by Crippen LogP contribution is -2.31. The standard InChI is InChI=1S/C20H16N2O6S/c1-14-2-6-16(7-3-14)29(25,26)22-11-10-21(20(22)24)19(23)9-5-15-4-8-17-18(12-15)28-13-27-17/h2-12H,13H2,1H3/b9-5+. The van der Waals surface area contributed by atoms with Crippen LogP contribution in [0.4, 0.5) is 0 Å². The van der Waals surface area contributed by atoms with E-state index in [9.17, 15) is 18.0 Å². The summed E-state index contributed by atoms with van der Waals surface area (Å²) in [6, 6.07) is 11.2. The molecule has 2 heterocycles. The highest BCUT2D eigenvalue weighted by atomic mass is 32.2. The molecule has 1 aliphatic rings. The van der Waals surface area contributed by atoms with Gasteiger partial charge in [0.05, 0.1) is 4.90 Å². The molecule has 0 fully saturated rings. The number of imidazole rings is 1. The molecule has 0 unspecified atom stereocenters. The van der Waals surface area contributed by atoms with Gasteiger partial charge in [0, 0.05) is 18.5 Å². The van der Waals surface area contributed by atoms with Crippen molar-refractivity contribution >= 4 is 22.0 Å². The van der Waals surface area contributed by atoms with E-state index in [0.29, 0.717) is 21.0 Å². The smallest absolute Gasteiger partial charge is 0.349 e. The van der Waals surface area contributed by atoms with Gasteiger partial charge < -0.3 is 9.47 Å². The first kappa shape index (κ1) is 18.8. The molecule has 9 heteroatoms. The number of aryl methyl sites for hydroxylation is 1. The van der Waals surface area contributed by atoms with E-state index in [1.807, 2.05) is 6.92 Å². The number of allylic oxidation sites excluding steroid dienone is 1. The fourth-order valence-corrected chi connectivity index (χ4v) is 4.02. The number of hydrogen-bond acceptors (Lipinski definition) is 6. The molecule has 0 saturated carbocycles. The van der Waals surface area contributed by atoms with Crippen LogP contribution in [0.1, 0.15) is 15.9 Å². The molecule has 29 heavy (non-hydrogen) atoms. The first-order valence-corrected chi connectivity index (χ1v) is 10.0. The molecule has 0 bridgehead atoms. The molecular formula is C20H16N2O6S. The Bertz CT molecular complexity index is 1280. The normalized spacial score (nSPS) is 13.1. The minimum Gasteiger partial charge on any atom is -0.454 e. The van der Waals surface area contributed by atoms with Crippen molar-refractivity contribution in [3.63, 3.8) is 0 Å². The van der Waals surface area contributed by atoms with Crippen LogP contribution in [0.2, 0.25) is 0 Å². The van der Waals surface area contributed by atoms with E-state index < -0.39 is 21.6 Å². The van der Waals surface area contributed by atoms with Gasteiger partial charge in [0.2, 0.25) is 6.79 Å². The van der Waals surface area contributed by atoms with Crippen molar-refractivity contribution in [3.05, 3.63) is 82.5 Å². The number of rotatable bonds is 4. The van der Waals surface area contributed by atoms with Crippen LogP contribution in [0, 0.1) is 6.92 Å². The fourth-order valence-electron chi connectivity index (χ4n) is 2.80. The number of carbonyl (C=O) groups is 1. The number of hydrogen-bond donors (Lipinski definition) is 0. The van der Waals surface area contributed by atoms with E-state index in [2.05, 4.69) is 0 Å². The van der Waals surface area contributed by atoms with Crippen molar-refractivity contribution in [2.24, 2.45) is 0 Å². The first-order valence-electron chi connectivity index (χ1n) is 8.60. The van der Waals surface area contributed by atoms with Crippen LogP contribution in [0.3, 0.4) is 0 Å². The van der Waals surface area contributed by atoms with E-state index in [1.165, 1.54) is 24.3 Å². The maximum Gasteiger partial charge on any atom is 0.349 e. The number of ether oxygens (including phenoxy) is 2. The van der Waals surface area contributed by atoms with Crippen molar-refractivity contribution in [3.8, 4) is 11.5 Å². The second-order valence-corrected chi connectivity index (χ2v) is 8.16. The molecule has 1 aromatic heterocycles. The Morgan fingerprint density at radius 1 is 1.03 bits per heavy atom. The molecular weight excluding hydrogens is 396 g/mol. The Kier molecular flexibility index (Phi) is 4.59. The SMILES string of the molecule is Cc1ccc(S(=O)(=O)n2ccn(C(=O)/C=C/c3ccc4c(c3)OCO4)c2=O)cc1. The van der Waals surface area contributed by atoms with Crippen LogP contribution < -0.4 is 15.2 Å². The van der Waals surface area contributed by atoms with Gasteiger partial charge in [0.25, 0.3) is 15.9 Å². The second kappa shape index (κ2) is 7.10. The van der Waals surface area contributed by atoms with Gasteiger partial charge in [-0.05, 0) is 42.8 Å². The molecule has 0 saturated heterocycles. The Morgan fingerprint density at radius 2 is 1.76 bits per heavy atom. The number of fused-ring (bicyclic) bond motifs is 1. The van der Waals surface area contributed by atoms with Crippen molar-refractivity contribution in [1.29, 1.82) is 0 Å². The van der Waals surface area contributed by atoms with Crippen LogP contribution in [-0.4, -0.2) is 29.7 Å². The summed E-state index contributed by atoms with van der Waals surface area (Å²) in [6.07, 6.45) is 4.87. The number of carbonyl (C=O) groups excluding carboxylic acids is 1. The van der Waals surface area contributed by atoms with Crippen LogP contribution in [0.5, 0.6) is 11.5 Å². The third kappa shape index (κ3) is 3.47. The van der Waals surface area contributed by atoms with Gasteiger partial charge >= 0.3 is 5.69 Å². The Morgan fingerprint density at radius 3 is 2.52 bits per heavy atom. The quantitative estimate of drug-likeness (QED) is 0.610. The predicted octanol–water partition coefficient (Wildman–Crippen LogP) is 2.28. The molecule has 4 rings (SSSR count). The molecule has 0 amide bonds. The maximum absolute atomic E-state index is 12.7. The summed E-state index contributed by atoms with van der Waals surface area (Å²) in [5.74, 6) is 0.501. The summed E-state index contributed by atoms with van der Waals surface area (Å²) >= 11 is 0. The van der Waals surface area contributed by atoms with Crippen LogP contribution >= 0.6 is 0 Å². The molecule has 1 aliphatic heterocycles. The fraction of sp³-hybridized carbons (Fsp3) is 0.100. The average Bonchev–Trinajstić information content (AvgIpc) is 3.32. The number of benzene rings is 2. The average molecular weight is 412 g/mol.